The van der Waals surface area contributed by atoms with Crippen molar-refractivity contribution in [1.29, 1.82) is 0 Å². The number of aryl methyl sites for hydroxylation is 1. The Hall–Kier alpha value is -3.95. The second-order valence-corrected chi connectivity index (χ2v) is 12.6. The van der Waals surface area contributed by atoms with Gasteiger partial charge in [0.25, 0.3) is 16.0 Å². The number of hydrogen-bond donors (Lipinski definition) is 2. The summed E-state index contributed by atoms with van der Waals surface area (Å²) in [5.74, 6) is 0.833. The van der Waals surface area contributed by atoms with Gasteiger partial charge in [-0.1, -0.05) is 24.3 Å². The number of amides is 1. The Labute approximate surface area is 266 Å². The van der Waals surface area contributed by atoms with Crippen LogP contribution in [0.4, 0.5) is 5.82 Å². The summed E-state index contributed by atoms with van der Waals surface area (Å²) in [6, 6.07) is 12.9. The standard InChI is InChI=1S/C31H34N4O8S2/c1-3-42-23-12-13-32-26(19-23)35-30(37)25(34(31(35)44)14-16-41-17-15-36)10-11-27-33-28-22(9-8-20(2)45(38,39)40)18-21-6-4-5-7-24(21)29(28)43-27/h4-7,10,12-13,18-20,36H,3,8-9,11,14-17H2,1-2H3,(H,38,39,40). The maximum atomic E-state index is 13.8. The van der Waals surface area contributed by atoms with Crippen LogP contribution in [-0.2, 0) is 32.5 Å². The summed E-state index contributed by atoms with van der Waals surface area (Å²) in [7, 11) is -4.17. The Morgan fingerprint density at radius 1 is 1.18 bits per heavy atom. The van der Waals surface area contributed by atoms with E-state index < -0.39 is 15.4 Å². The van der Waals surface area contributed by atoms with Gasteiger partial charge in [-0.15, -0.1) is 0 Å². The number of aliphatic hydroxyl groups is 1. The van der Waals surface area contributed by atoms with Crippen LogP contribution in [-0.4, -0.2) is 82.2 Å². The number of fused-ring (bicyclic) bond motifs is 3. The van der Waals surface area contributed by atoms with Crippen LogP contribution in [0.15, 0.2) is 64.9 Å². The van der Waals surface area contributed by atoms with E-state index >= 15 is 0 Å². The number of oxazole rings is 1. The first kappa shape index (κ1) is 32.4. The van der Waals surface area contributed by atoms with E-state index in [0.29, 0.717) is 47.3 Å². The van der Waals surface area contributed by atoms with Gasteiger partial charge >= 0.3 is 0 Å². The van der Waals surface area contributed by atoms with Crippen LogP contribution in [0.2, 0.25) is 0 Å². The first-order chi connectivity index (χ1) is 21.6. The highest BCUT2D eigenvalue weighted by atomic mass is 32.2. The molecule has 1 aliphatic heterocycles. The minimum Gasteiger partial charge on any atom is -0.494 e. The number of carbonyl (C=O) groups is 1. The molecular formula is C31H34N4O8S2. The van der Waals surface area contributed by atoms with Crippen LogP contribution in [0, 0.1) is 0 Å². The van der Waals surface area contributed by atoms with Gasteiger partial charge in [0.15, 0.2) is 16.6 Å². The third kappa shape index (κ3) is 7.15. The molecule has 1 amide bonds. The van der Waals surface area contributed by atoms with Gasteiger partial charge in [-0.2, -0.15) is 8.42 Å². The SMILES string of the molecule is CCOc1ccnc(N2C(=O)C(=CCc3nc4c(CCC(C)S(=O)(=O)O)cc5ccccc5c4o3)N(CCOCCO)C2=S)c1. The van der Waals surface area contributed by atoms with Crippen molar-refractivity contribution >= 4 is 61.0 Å². The quantitative estimate of drug-likeness (QED) is 0.0872. The van der Waals surface area contributed by atoms with Crippen molar-refractivity contribution in [2.24, 2.45) is 0 Å². The summed E-state index contributed by atoms with van der Waals surface area (Å²) >= 11 is 5.72. The Morgan fingerprint density at radius 3 is 2.73 bits per heavy atom. The fourth-order valence-corrected chi connectivity index (χ4v) is 5.86. The normalized spacial score (nSPS) is 15.6. The number of allylic oxidation sites excluding steroid dienone is 1. The summed E-state index contributed by atoms with van der Waals surface area (Å²) in [5.41, 5.74) is 2.22. The molecule has 12 nitrogen and oxygen atoms in total. The second kappa shape index (κ2) is 14.0. The molecule has 1 saturated heterocycles. The van der Waals surface area contributed by atoms with Crippen molar-refractivity contribution in [1.82, 2.24) is 14.9 Å². The Balaban J connectivity index is 1.48. The molecule has 4 aromatic rings. The fraction of sp³-hybridized carbons (Fsp3) is 0.355. The smallest absolute Gasteiger partial charge is 0.282 e. The molecule has 0 bridgehead atoms. The fourth-order valence-electron chi connectivity index (χ4n) is 5.08. The number of rotatable bonds is 14. The molecule has 0 aliphatic carbocycles. The third-order valence-corrected chi connectivity index (χ3v) is 9.05. The van der Waals surface area contributed by atoms with E-state index in [2.05, 4.69) is 4.98 Å². The number of benzene rings is 2. The van der Waals surface area contributed by atoms with Crippen LogP contribution in [0.5, 0.6) is 5.75 Å². The molecule has 1 aliphatic rings. The molecule has 1 atom stereocenters. The molecule has 2 aromatic carbocycles. The van der Waals surface area contributed by atoms with Crippen molar-refractivity contribution in [2.45, 2.75) is 38.4 Å². The molecular weight excluding hydrogens is 620 g/mol. The van der Waals surface area contributed by atoms with Crippen molar-refractivity contribution in [3.05, 3.63) is 71.9 Å². The van der Waals surface area contributed by atoms with Crippen LogP contribution in [0.25, 0.3) is 21.9 Å². The predicted molar refractivity (Wildman–Crippen MR) is 173 cm³/mol. The topological polar surface area (TPSA) is 156 Å². The average Bonchev–Trinajstić information content (AvgIpc) is 3.55. The van der Waals surface area contributed by atoms with Crippen molar-refractivity contribution in [2.75, 3.05) is 37.9 Å². The van der Waals surface area contributed by atoms with Gasteiger partial charge in [-0.05, 0) is 68.1 Å². The number of ether oxygens (including phenoxy) is 2. The predicted octanol–water partition coefficient (Wildman–Crippen LogP) is 4.05. The highest BCUT2D eigenvalue weighted by Gasteiger charge is 2.39. The molecule has 2 aromatic heterocycles. The minimum absolute atomic E-state index is 0.130. The monoisotopic (exact) mass is 654 g/mol. The van der Waals surface area contributed by atoms with E-state index in [9.17, 15) is 17.8 Å². The van der Waals surface area contributed by atoms with Crippen LogP contribution >= 0.6 is 12.2 Å². The van der Waals surface area contributed by atoms with Gasteiger partial charge in [0.1, 0.15) is 22.8 Å². The van der Waals surface area contributed by atoms with Crippen LogP contribution in [0.3, 0.4) is 0 Å². The van der Waals surface area contributed by atoms with E-state index in [4.69, 9.17) is 36.2 Å². The number of pyridine rings is 1. The molecule has 5 rings (SSSR count). The molecule has 14 heteroatoms. The summed E-state index contributed by atoms with van der Waals surface area (Å²) in [4.78, 5) is 25.9. The number of thiocarbonyl (C=S) groups is 1. The number of carbonyl (C=O) groups excluding carboxylic acids is 1. The van der Waals surface area contributed by atoms with Gasteiger partial charge < -0.3 is 23.9 Å². The second-order valence-electron chi connectivity index (χ2n) is 10.4. The van der Waals surface area contributed by atoms with Crippen LogP contribution in [0.1, 0.15) is 31.7 Å². The third-order valence-electron chi connectivity index (χ3n) is 7.40. The highest BCUT2D eigenvalue weighted by Crippen LogP contribution is 2.32. The van der Waals surface area contributed by atoms with E-state index in [1.54, 1.807) is 29.3 Å². The van der Waals surface area contributed by atoms with Gasteiger partial charge in [0.2, 0.25) is 0 Å². The Bertz CT molecular complexity index is 1860. The zero-order valence-electron chi connectivity index (χ0n) is 24.9. The number of nitrogens with zero attached hydrogens (tertiary/aromatic N) is 4. The molecule has 0 radical (unpaired) electrons. The summed E-state index contributed by atoms with van der Waals surface area (Å²) < 4.78 is 50.0. The van der Waals surface area contributed by atoms with Crippen molar-refractivity contribution in [3.8, 4) is 5.75 Å². The van der Waals surface area contributed by atoms with E-state index in [1.807, 2.05) is 37.3 Å². The lowest BCUT2D eigenvalue weighted by Crippen LogP contribution is -2.34. The molecule has 1 unspecified atom stereocenters. The largest absolute Gasteiger partial charge is 0.494 e. The lowest BCUT2D eigenvalue weighted by atomic mass is 10.0. The number of aliphatic hydroxyl groups excluding tert-OH is 1. The van der Waals surface area contributed by atoms with E-state index in [1.165, 1.54) is 11.8 Å². The lowest BCUT2D eigenvalue weighted by molar-refractivity contribution is -0.114. The molecule has 3 heterocycles. The number of anilines is 1. The van der Waals surface area contributed by atoms with E-state index in [0.717, 1.165) is 16.3 Å². The average molecular weight is 655 g/mol. The number of hydrogen-bond acceptors (Lipinski definition) is 10. The molecule has 0 saturated carbocycles. The van der Waals surface area contributed by atoms with Gasteiger partial charge in [-0.3, -0.25) is 9.35 Å². The molecule has 45 heavy (non-hydrogen) atoms. The Kier molecular flexibility index (Phi) is 10.1. The lowest BCUT2D eigenvalue weighted by Gasteiger charge is -2.20. The molecule has 238 valence electrons. The number of aromatic nitrogens is 2. The summed E-state index contributed by atoms with van der Waals surface area (Å²) in [6.07, 6.45) is 3.95. The van der Waals surface area contributed by atoms with Gasteiger partial charge in [0.05, 0.1) is 31.7 Å². The van der Waals surface area contributed by atoms with Crippen molar-refractivity contribution in [3.63, 3.8) is 0 Å². The van der Waals surface area contributed by atoms with Crippen LogP contribution < -0.4 is 9.64 Å². The Morgan fingerprint density at radius 2 is 1.98 bits per heavy atom. The molecule has 2 N–H and O–H groups in total. The molecule has 1 fully saturated rings. The van der Waals surface area contributed by atoms with Gasteiger partial charge in [-0.25, -0.2) is 14.9 Å². The molecule has 0 spiro atoms. The van der Waals surface area contributed by atoms with Crippen molar-refractivity contribution < 1.29 is 36.8 Å². The maximum absolute atomic E-state index is 13.8. The zero-order valence-corrected chi connectivity index (χ0v) is 26.5. The zero-order chi connectivity index (χ0) is 32.1. The highest BCUT2D eigenvalue weighted by molar-refractivity contribution is 7.86. The van der Waals surface area contributed by atoms with E-state index in [-0.39, 0.29) is 50.2 Å². The summed E-state index contributed by atoms with van der Waals surface area (Å²) in [6.45, 7) is 4.26. The minimum atomic E-state index is -4.17. The first-order valence-corrected chi connectivity index (χ1v) is 16.4. The van der Waals surface area contributed by atoms with Gasteiger partial charge in [0, 0.05) is 30.6 Å². The summed E-state index contributed by atoms with van der Waals surface area (Å²) in [5, 5.41) is 10.1. The maximum Gasteiger partial charge on any atom is 0.282 e. The first-order valence-electron chi connectivity index (χ1n) is 14.5.